The maximum Gasteiger partial charge on any atom is 0.246 e. The molecule has 0 radical (unpaired) electrons. The Balaban J connectivity index is 1.42. The van der Waals surface area contributed by atoms with Crippen molar-refractivity contribution in [2.45, 2.75) is 25.0 Å². The van der Waals surface area contributed by atoms with Crippen molar-refractivity contribution in [3.8, 4) is 0 Å². The van der Waals surface area contributed by atoms with Gasteiger partial charge < -0.3 is 10.2 Å². The fourth-order valence-electron chi connectivity index (χ4n) is 3.88. The van der Waals surface area contributed by atoms with Crippen LogP contribution in [0.4, 0.5) is 0 Å². The number of halogens is 1. The van der Waals surface area contributed by atoms with Gasteiger partial charge in [-0.15, -0.1) is 0 Å². The van der Waals surface area contributed by atoms with Crippen LogP contribution in [0.5, 0.6) is 0 Å². The van der Waals surface area contributed by atoms with Crippen LogP contribution in [-0.4, -0.2) is 53.3 Å². The molecule has 0 aromatic heterocycles. The van der Waals surface area contributed by atoms with Crippen molar-refractivity contribution in [1.82, 2.24) is 15.1 Å². The summed E-state index contributed by atoms with van der Waals surface area (Å²) in [5.74, 6) is -0.0443. The zero-order valence-electron chi connectivity index (χ0n) is 15.0. The molecule has 4 rings (SSSR count). The molecular formula is C21H22ClN3O2. The monoisotopic (exact) mass is 383 g/mol. The first-order chi connectivity index (χ1) is 13.1. The van der Waals surface area contributed by atoms with Crippen molar-refractivity contribution in [2.24, 2.45) is 0 Å². The topological polar surface area (TPSA) is 52.7 Å². The highest BCUT2D eigenvalue weighted by atomic mass is 35.5. The largest absolute Gasteiger partial charge is 0.342 e. The van der Waals surface area contributed by atoms with E-state index in [9.17, 15) is 9.59 Å². The van der Waals surface area contributed by atoms with E-state index in [1.54, 1.807) is 4.90 Å². The number of benzene rings is 2. The second-order valence-electron chi connectivity index (χ2n) is 7.16. The summed E-state index contributed by atoms with van der Waals surface area (Å²) in [5, 5.41) is 3.64. The zero-order chi connectivity index (χ0) is 18.8. The zero-order valence-corrected chi connectivity index (χ0v) is 15.7. The number of piperazine rings is 2. The van der Waals surface area contributed by atoms with E-state index in [1.165, 1.54) is 0 Å². The highest BCUT2D eigenvalue weighted by Gasteiger charge is 2.43. The molecule has 2 aromatic carbocycles. The number of amides is 2. The van der Waals surface area contributed by atoms with E-state index in [2.05, 4.69) is 10.2 Å². The van der Waals surface area contributed by atoms with Crippen molar-refractivity contribution < 1.29 is 9.59 Å². The maximum absolute atomic E-state index is 12.9. The molecule has 2 fully saturated rings. The van der Waals surface area contributed by atoms with Crippen molar-refractivity contribution >= 4 is 23.4 Å². The molecule has 2 heterocycles. The molecule has 0 saturated carbocycles. The Morgan fingerprint density at radius 3 is 2.56 bits per heavy atom. The van der Waals surface area contributed by atoms with Gasteiger partial charge in [-0.3, -0.25) is 14.5 Å². The van der Waals surface area contributed by atoms with E-state index in [1.807, 2.05) is 54.6 Å². The third kappa shape index (κ3) is 3.99. The van der Waals surface area contributed by atoms with Gasteiger partial charge in [-0.1, -0.05) is 54.1 Å². The fourth-order valence-corrected chi connectivity index (χ4v) is 4.10. The molecule has 1 N–H and O–H groups in total. The molecule has 2 saturated heterocycles. The molecule has 2 aliphatic heterocycles. The summed E-state index contributed by atoms with van der Waals surface area (Å²) < 4.78 is 0. The predicted molar refractivity (Wildman–Crippen MR) is 104 cm³/mol. The van der Waals surface area contributed by atoms with Crippen molar-refractivity contribution in [2.75, 3.05) is 19.6 Å². The summed E-state index contributed by atoms with van der Waals surface area (Å²) in [6, 6.07) is 16.7. The Morgan fingerprint density at radius 2 is 1.78 bits per heavy atom. The lowest BCUT2D eigenvalue weighted by Gasteiger charge is -2.45. The average Bonchev–Trinajstić information content (AvgIpc) is 2.67. The van der Waals surface area contributed by atoms with Gasteiger partial charge in [0.2, 0.25) is 11.8 Å². The van der Waals surface area contributed by atoms with E-state index < -0.39 is 12.1 Å². The SMILES string of the molecule is O=C1N[C@H](Cc2ccccc2)C(=O)N2CCN(Cc3cccc(Cl)c3)C[C@H]12. The highest BCUT2D eigenvalue weighted by Crippen LogP contribution is 2.20. The minimum Gasteiger partial charge on any atom is -0.342 e. The summed E-state index contributed by atoms with van der Waals surface area (Å²) >= 11 is 6.06. The van der Waals surface area contributed by atoms with Crippen LogP contribution in [-0.2, 0) is 22.6 Å². The Hall–Kier alpha value is -2.37. The number of carbonyl (C=O) groups excluding carboxylic acids is 2. The molecule has 0 spiro atoms. The summed E-state index contributed by atoms with van der Waals surface area (Å²) in [7, 11) is 0. The van der Waals surface area contributed by atoms with Gasteiger partial charge in [-0.05, 0) is 23.3 Å². The first kappa shape index (κ1) is 18.0. The average molecular weight is 384 g/mol. The fraction of sp³-hybridized carbons (Fsp3) is 0.333. The number of fused-ring (bicyclic) bond motifs is 1. The van der Waals surface area contributed by atoms with Crippen LogP contribution in [0.25, 0.3) is 0 Å². The van der Waals surface area contributed by atoms with Crippen LogP contribution in [0.15, 0.2) is 54.6 Å². The minimum atomic E-state index is -0.476. The van der Waals surface area contributed by atoms with E-state index in [-0.39, 0.29) is 11.8 Å². The Labute approximate surface area is 163 Å². The van der Waals surface area contributed by atoms with Crippen LogP contribution in [0.1, 0.15) is 11.1 Å². The molecule has 0 bridgehead atoms. The minimum absolute atomic E-state index is 0.0193. The summed E-state index contributed by atoms with van der Waals surface area (Å²) in [5.41, 5.74) is 2.16. The Bertz CT molecular complexity index is 842. The number of hydrogen-bond acceptors (Lipinski definition) is 3. The molecule has 27 heavy (non-hydrogen) atoms. The molecule has 2 amide bonds. The molecule has 2 atom stereocenters. The second-order valence-corrected chi connectivity index (χ2v) is 7.60. The van der Waals surface area contributed by atoms with Gasteiger partial charge in [0.25, 0.3) is 0 Å². The molecule has 6 heteroatoms. The summed E-state index contributed by atoms with van der Waals surface area (Å²) in [6.07, 6.45) is 0.529. The summed E-state index contributed by atoms with van der Waals surface area (Å²) in [6.45, 7) is 2.59. The van der Waals surface area contributed by atoms with E-state index in [4.69, 9.17) is 11.6 Å². The number of carbonyl (C=O) groups is 2. The molecule has 0 unspecified atom stereocenters. The van der Waals surface area contributed by atoms with E-state index in [0.717, 1.165) is 24.2 Å². The predicted octanol–water partition coefficient (Wildman–Crippen LogP) is 2.09. The van der Waals surface area contributed by atoms with Gasteiger partial charge in [-0.2, -0.15) is 0 Å². The molecular weight excluding hydrogens is 362 g/mol. The van der Waals surface area contributed by atoms with Crippen LogP contribution in [0.2, 0.25) is 5.02 Å². The van der Waals surface area contributed by atoms with Crippen LogP contribution in [0.3, 0.4) is 0 Å². The van der Waals surface area contributed by atoms with Gasteiger partial charge in [-0.25, -0.2) is 0 Å². The van der Waals surface area contributed by atoms with Gasteiger partial charge in [0, 0.05) is 37.6 Å². The maximum atomic E-state index is 12.9. The van der Waals surface area contributed by atoms with Crippen molar-refractivity contribution in [3.63, 3.8) is 0 Å². The molecule has 0 aliphatic carbocycles. The first-order valence-corrected chi connectivity index (χ1v) is 9.59. The van der Waals surface area contributed by atoms with Crippen LogP contribution in [0, 0.1) is 0 Å². The third-order valence-corrected chi connectivity index (χ3v) is 5.48. The number of nitrogens with zero attached hydrogens (tertiary/aromatic N) is 2. The standard InChI is InChI=1S/C21H22ClN3O2/c22-17-8-4-7-16(11-17)13-24-9-10-25-19(14-24)20(26)23-18(21(25)27)12-15-5-2-1-3-6-15/h1-8,11,18-19H,9-10,12-14H2,(H,23,26)/t18-,19-/m1/s1. The van der Waals surface area contributed by atoms with Crippen LogP contribution < -0.4 is 5.32 Å². The first-order valence-electron chi connectivity index (χ1n) is 9.22. The van der Waals surface area contributed by atoms with E-state index >= 15 is 0 Å². The lowest BCUT2D eigenvalue weighted by atomic mass is 9.98. The quantitative estimate of drug-likeness (QED) is 0.879. The molecule has 5 nitrogen and oxygen atoms in total. The van der Waals surface area contributed by atoms with Crippen LogP contribution >= 0.6 is 11.6 Å². The Kier molecular flexibility index (Phi) is 5.14. The number of hydrogen-bond donors (Lipinski definition) is 1. The molecule has 2 aliphatic rings. The van der Waals surface area contributed by atoms with Gasteiger partial charge in [0.1, 0.15) is 12.1 Å². The molecule has 2 aromatic rings. The van der Waals surface area contributed by atoms with Gasteiger partial charge in [0.05, 0.1) is 0 Å². The van der Waals surface area contributed by atoms with Gasteiger partial charge in [0.15, 0.2) is 0 Å². The second kappa shape index (κ2) is 7.71. The summed E-state index contributed by atoms with van der Waals surface area (Å²) in [4.78, 5) is 29.5. The lowest BCUT2D eigenvalue weighted by Crippen LogP contribution is -2.69. The lowest BCUT2D eigenvalue weighted by molar-refractivity contribution is -0.153. The highest BCUT2D eigenvalue weighted by molar-refractivity contribution is 6.30. The normalized spacial score (nSPS) is 23.1. The third-order valence-electron chi connectivity index (χ3n) is 5.24. The smallest absolute Gasteiger partial charge is 0.246 e. The number of rotatable bonds is 4. The van der Waals surface area contributed by atoms with Gasteiger partial charge >= 0.3 is 0 Å². The van der Waals surface area contributed by atoms with Crippen molar-refractivity contribution in [1.29, 1.82) is 0 Å². The molecule has 140 valence electrons. The van der Waals surface area contributed by atoms with Crippen molar-refractivity contribution in [3.05, 3.63) is 70.7 Å². The number of nitrogens with one attached hydrogen (secondary N) is 1. The van der Waals surface area contributed by atoms with E-state index in [0.29, 0.717) is 24.5 Å². The Morgan fingerprint density at radius 1 is 1.00 bits per heavy atom.